The summed E-state index contributed by atoms with van der Waals surface area (Å²) >= 11 is 1.29. The van der Waals surface area contributed by atoms with E-state index in [1.165, 1.54) is 22.7 Å². The Morgan fingerprint density at radius 3 is 3.05 bits per heavy atom. The molecule has 0 unspecified atom stereocenters. The van der Waals surface area contributed by atoms with Gasteiger partial charge in [-0.15, -0.1) is 0 Å². The van der Waals surface area contributed by atoms with E-state index in [0.29, 0.717) is 5.69 Å². The van der Waals surface area contributed by atoms with Crippen molar-refractivity contribution < 1.29 is 9.53 Å². The molecule has 0 aliphatic heterocycles. The second-order valence-electron chi connectivity index (χ2n) is 4.56. The van der Waals surface area contributed by atoms with Gasteiger partial charge in [0.25, 0.3) is 5.91 Å². The Hall–Kier alpha value is -1.88. The van der Waals surface area contributed by atoms with Crippen molar-refractivity contribution in [3.05, 3.63) is 46.5 Å². The first-order valence-electron chi connectivity index (χ1n) is 6.14. The molecule has 0 fully saturated rings. The number of amides is 1. The Balaban J connectivity index is 1.72. The average Bonchev–Trinajstić information content (AvgIpc) is 3.06. The third-order valence-corrected chi connectivity index (χ3v) is 3.93. The van der Waals surface area contributed by atoms with Gasteiger partial charge in [0.15, 0.2) is 0 Å². The van der Waals surface area contributed by atoms with Gasteiger partial charge in [-0.3, -0.25) is 4.79 Å². The highest BCUT2D eigenvalue weighted by molar-refractivity contribution is 7.03. The number of carbonyl (C=O) groups excluding carboxylic acids is 1. The molecule has 0 saturated carbocycles. The fourth-order valence-corrected chi connectivity index (χ4v) is 3.01. The maximum Gasteiger partial charge on any atom is 0.271 e. The molecule has 1 N–H and O–H groups in total. The van der Waals surface area contributed by atoms with Gasteiger partial charge in [0, 0.05) is 11.4 Å². The second kappa shape index (κ2) is 5.01. The molecule has 2 aromatic rings. The maximum absolute atomic E-state index is 12.0. The highest BCUT2D eigenvalue weighted by Crippen LogP contribution is 2.30. The van der Waals surface area contributed by atoms with Crippen LogP contribution in [0, 0.1) is 0 Å². The van der Waals surface area contributed by atoms with Gasteiger partial charge < -0.3 is 10.1 Å². The maximum atomic E-state index is 12.0. The van der Waals surface area contributed by atoms with Gasteiger partial charge >= 0.3 is 0 Å². The predicted molar refractivity (Wildman–Crippen MR) is 73.8 cm³/mol. The van der Waals surface area contributed by atoms with E-state index in [1.807, 2.05) is 12.1 Å². The van der Waals surface area contributed by atoms with E-state index in [9.17, 15) is 4.79 Å². The molecule has 1 heterocycles. The number of fused-ring (bicyclic) bond motifs is 1. The first-order valence-corrected chi connectivity index (χ1v) is 6.97. The van der Waals surface area contributed by atoms with Crippen LogP contribution in [-0.4, -0.2) is 23.4 Å². The molecule has 0 radical (unpaired) electrons. The smallest absolute Gasteiger partial charge is 0.271 e. The van der Waals surface area contributed by atoms with Gasteiger partial charge in [-0.25, -0.2) is 0 Å². The normalized spacial score (nSPS) is 17.0. The van der Waals surface area contributed by atoms with Crippen molar-refractivity contribution in [3.63, 3.8) is 0 Å². The van der Waals surface area contributed by atoms with E-state index >= 15 is 0 Å². The first kappa shape index (κ1) is 12.2. The fourth-order valence-electron chi connectivity index (χ4n) is 2.50. The monoisotopic (exact) mass is 274 g/mol. The van der Waals surface area contributed by atoms with E-state index < -0.39 is 0 Å². The molecule has 0 saturated heterocycles. The second-order valence-corrected chi connectivity index (χ2v) is 5.23. The number of hydrogen-bond acceptors (Lipinski definition) is 4. The number of benzene rings is 1. The molecule has 19 heavy (non-hydrogen) atoms. The van der Waals surface area contributed by atoms with E-state index in [1.54, 1.807) is 18.6 Å². The van der Waals surface area contributed by atoms with E-state index in [4.69, 9.17) is 4.74 Å². The van der Waals surface area contributed by atoms with Gasteiger partial charge in [-0.1, -0.05) is 12.1 Å². The summed E-state index contributed by atoms with van der Waals surface area (Å²) in [6, 6.07) is 7.90. The lowest BCUT2D eigenvalue weighted by Crippen LogP contribution is -2.35. The first-order chi connectivity index (χ1) is 9.28. The Labute approximate surface area is 115 Å². The SMILES string of the molecule is COc1cccc2c1C[C@@H](NC(=O)c1ccsn1)C2. The summed E-state index contributed by atoms with van der Waals surface area (Å²) in [5.41, 5.74) is 2.95. The summed E-state index contributed by atoms with van der Waals surface area (Å²) in [6.45, 7) is 0. The molecule has 0 spiro atoms. The van der Waals surface area contributed by atoms with Crippen LogP contribution >= 0.6 is 11.5 Å². The van der Waals surface area contributed by atoms with Crippen LogP contribution < -0.4 is 10.1 Å². The van der Waals surface area contributed by atoms with Crippen LogP contribution in [0.15, 0.2) is 29.6 Å². The Morgan fingerprint density at radius 1 is 1.42 bits per heavy atom. The molecular formula is C14H14N2O2S. The number of carbonyl (C=O) groups is 1. The van der Waals surface area contributed by atoms with Gasteiger partial charge in [0.05, 0.1) is 7.11 Å². The molecule has 1 aromatic carbocycles. The molecule has 1 aliphatic carbocycles. The topological polar surface area (TPSA) is 51.2 Å². The Kier molecular flexibility index (Phi) is 3.21. The van der Waals surface area contributed by atoms with E-state index in [-0.39, 0.29) is 11.9 Å². The van der Waals surface area contributed by atoms with Crippen LogP contribution in [0.4, 0.5) is 0 Å². The minimum Gasteiger partial charge on any atom is -0.496 e. The number of aromatic nitrogens is 1. The van der Waals surface area contributed by atoms with Crippen LogP contribution in [0.25, 0.3) is 0 Å². The fraction of sp³-hybridized carbons (Fsp3) is 0.286. The number of ether oxygens (including phenoxy) is 1. The van der Waals surface area contributed by atoms with Crippen molar-refractivity contribution in [3.8, 4) is 5.75 Å². The van der Waals surface area contributed by atoms with Crippen molar-refractivity contribution in [2.45, 2.75) is 18.9 Å². The summed E-state index contributed by atoms with van der Waals surface area (Å²) in [6.07, 6.45) is 1.66. The van der Waals surface area contributed by atoms with Crippen molar-refractivity contribution in [2.24, 2.45) is 0 Å². The standard InChI is InChI=1S/C14H14N2O2S/c1-18-13-4-2-3-9-7-10(8-11(9)13)15-14(17)12-5-6-19-16-12/h2-6,10H,7-8H2,1H3,(H,15,17)/t10-/m0/s1. The van der Waals surface area contributed by atoms with Gasteiger partial charge in [-0.05, 0) is 47.6 Å². The van der Waals surface area contributed by atoms with Crippen LogP contribution in [0.3, 0.4) is 0 Å². The molecule has 5 heteroatoms. The summed E-state index contributed by atoms with van der Waals surface area (Å²) in [5.74, 6) is 0.806. The zero-order valence-corrected chi connectivity index (χ0v) is 11.4. The van der Waals surface area contributed by atoms with Crippen molar-refractivity contribution in [1.82, 2.24) is 9.69 Å². The van der Waals surface area contributed by atoms with Crippen LogP contribution in [0.1, 0.15) is 21.6 Å². The molecule has 1 amide bonds. The lowest BCUT2D eigenvalue weighted by atomic mass is 10.1. The summed E-state index contributed by atoms with van der Waals surface area (Å²) in [5, 5.41) is 4.84. The van der Waals surface area contributed by atoms with Gasteiger partial charge in [0.2, 0.25) is 0 Å². The van der Waals surface area contributed by atoms with Crippen LogP contribution in [0.2, 0.25) is 0 Å². The number of hydrogen-bond donors (Lipinski definition) is 1. The molecule has 1 atom stereocenters. The van der Waals surface area contributed by atoms with Crippen molar-refractivity contribution in [1.29, 1.82) is 0 Å². The number of nitrogens with one attached hydrogen (secondary N) is 1. The predicted octanol–water partition coefficient (Wildman–Crippen LogP) is 2.05. The number of methoxy groups -OCH3 is 1. The lowest BCUT2D eigenvalue weighted by molar-refractivity contribution is 0.0934. The summed E-state index contributed by atoms with van der Waals surface area (Å²) < 4.78 is 9.41. The molecule has 1 aliphatic rings. The number of rotatable bonds is 3. The highest BCUT2D eigenvalue weighted by atomic mass is 32.1. The highest BCUT2D eigenvalue weighted by Gasteiger charge is 2.26. The molecule has 3 rings (SSSR count). The minimum absolute atomic E-state index is 0.0991. The van der Waals surface area contributed by atoms with Crippen LogP contribution in [0.5, 0.6) is 5.75 Å². The Bertz CT molecular complexity index is 595. The lowest BCUT2D eigenvalue weighted by Gasteiger charge is -2.10. The minimum atomic E-state index is -0.0991. The zero-order valence-electron chi connectivity index (χ0n) is 10.6. The van der Waals surface area contributed by atoms with E-state index in [0.717, 1.165) is 18.6 Å². The molecule has 98 valence electrons. The number of nitrogens with zero attached hydrogens (tertiary/aromatic N) is 1. The van der Waals surface area contributed by atoms with Crippen LogP contribution in [-0.2, 0) is 12.8 Å². The molecule has 0 bridgehead atoms. The summed E-state index contributed by atoms with van der Waals surface area (Å²) in [7, 11) is 1.68. The van der Waals surface area contributed by atoms with Crippen molar-refractivity contribution >= 4 is 17.4 Å². The molecular weight excluding hydrogens is 260 g/mol. The quantitative estimate of drug-likeness (QED) is 0.932. The molecule has 1 aromatic heterocycles. The van der Waals surface area contributed by atoms with E-state index in [2.05, 4.69) is 15.8 Å². The zero-order chi connectivity index (χ0) is 13.2. The van der Waals surface area contributed by atoms with Gasteiger partial charge in [-0.2, -0.15) is 4.37 Å². The largest absolute Gasteiger partial charge is 0.496 e. The third kappa shape index (κ3) is 2.33. The average molecular weight is 274 g/mol. The van der Waals surface area contributed by atoms with Crippen molar-refractivity contribution in [2.75, 3.05) is 7.11 Å². The summed E-state index contributed by atoms with van der Waals surface area (Å²) in [4.78, 5) is 12.0. The third-order valence-electron chi connectivity index (χ3n) is 3.37. The Morgan fingerprint density at radius 2 is 2.32 bits per heavy atom. The molecule has 4 nitrogen and oxygen atoms in total. The van der Waals surface area contributed by atoms with Gasteiger partial charge in [0.1, 0.15) is 11.4 Å².